The van der Waals surface area contributed by atoms with Gasteiger partial charge < -0.3 is 24.4 Å². The number of hydrogen-bond acceptors (Lipinski definition) is 9. The summed E-state index contributed by atoms with van der Waals surface area (Å²) in [6, 6.07) is 23.0. The van der Waals surface area contributed by atoms with E-state index < -0.39 is 0 Å². The molecule has 1 amide bonds. The first-order valence-corrected chi connectivity index (χ1v) is 17.7. The molecule has 264 valence electrons. The molecular formula is C39H49N7O4. The van der Waals surface area contributed by atoms with Gasteiger partial charge in [-0.15, -0.1) is 0 Å². The van der Waals surface area contributed by atoms with E-state index in [1.165, 1.54) is 5.56 Å². The highest BCUT2D eigenvalue weighted by molar-refractivity contribution is 6.07. The number of nitrogens with zero attached hydrogens (tertiary/aromatic N) is 6. The van der Waals surface area contributed by atoms with Gasteiger partial charge >= 0.3 is 0 Å². The molecule has 11 heteroatoms. The number of nitrogens with one attached hydrogen (secondary N) is 1. The number of hydrogen-bond donors (Lipinski definition) is 1. The predicted octanol–water partition coefficient (Wildman–Crippen LogP) is 6.64. The van der Waals surface area contributed by atoms with Crippen LogP contribution >= 0.6 is 0 Å². The topological polar surface area (TPSA) is 107 Å². The van der Waals surface area contributed by atoms with E-state index >= 15 is 0 Å². The lowest BCUT2D eigenvalue weighted by Gasteiger charge is -2.31. The van der Waals surface area contributed by atoms with Crippen LogP contribution in [-0.4, -0.2) is 83.2 Å². The lowest BCUT2D eigenvalue weighted by Crippen LogP contribution is -2.36. The number of unbranched alkanes of at least 4 members (excludes halogenated alkanes) is 1. The fourth-order valence-electron chi connectivity index (χ4n) is 6.61. The maximum absolute atomic E-state index is 13.9. The lowest BCUT2D eigenvalue weighted by molar-refractivity contribution is -0.112. The van der Waals surface area contributed by atoms with Crippen LogP contribution in [-0.2, 0) is 27.9 Å². The minimum absolute atomic E-state index is 0.0886. The Morgan fingerprint density at radius 2 is 1.76 bits per heavy atom. The SMILES string of the molecule is CCCCOCCOc1ccc(-c2ccc3c(c2)C=C(C(=O)Nc2ccc(CN(C)C4CCOCC4)cc2)CC(C)N3c2nnnn2C)cc1. The first kappa shape index (κ1) is 35.3. The third-order valence-corrected chi connectivity index (χ3v) is 9.46. The van der Waals surface area contributed by atoms with Gasteiger partial charge in [0.1, 0.15) is 12.4 Å². The number of anilines is 3. The van der Waals surface area contributed by atoms with Crippen LogP contribution in [0.25, 0.3) is 17.2 Å². The Labute approximate surface area is 295 Å². The predicted molar refractivity (Wildman–Crippen MR) is 196 cm³/mol. The van der Waals surface area contributed by atoms with Crippen LogP contribution < -0.4 is 15.0 Å². The van der Waals surface area contributed by atoms with Crippen molar-refractivity contribution in [1.82, 2.24) is 25.1 Å². The van der Waals surface area contributed by atoms with Gasteiger partial charge in [-0.2, -0.15) is 0 Å². The highest BCUT2D eigenvalue weighted by atomic mass is 16.5. The highest BCUT2D eigenvalue weighted by Gasteiger charge is 2.29. The number of carbonyl (C=O) groups is 1. The van der Waals surface area contributed by atoms with E-state index in [2.05, 4.69) is 94.0 Å². The molecule has 11 nitrogen and oxygen atoms in total. The van der Waals surface area contributed by atoms with Gasteiger partial charge in [-0.25, -0.2) is 4.68 Å². The summed E-state index contributed by atoms with van der Waals surface area (Å²) in [5, 5.41) is 15.5. The number of amides is 1. The van der Waals surface area contributed by atoms with Crippen LogP contribution in [0.4, 0.5) is 17.3 Å². The van der Waals surface area contributed by atoms with E-state index in [1.807, 2.05) is 37.4 Å². The Morgan fingerprint density at radius 1 is 1.00 bits per heavy atom. The summed E-state index contributed by atoms with van der Waals surface area (Å²) >= 11 is 0. The van der Waals surface area contributed by atoms with Crippen LogP contribution in [0.2, 0.25) is 0 Å². The second-order valence-electron chi connectivity index (χ2n) is 13.2. The summed E-state index contributed by atoms with van der Waals surface area (Å²) in [6.07, 6.45) is 6.81. The summed E-state index contributed by atoms with van der Waals surface area (Å²) < 4.78 is 18.7. The largest absolute Gasteiger partial charge is 0.491 e. The second kappa shape index (κ2) is 16.9. The van der Waals surface area contributed by atoms with E-state index in [1.54, 1.807) is 4.68 Å². The van der Waals surface area contributed by atoms with Crippen LogP contribution in [0.3, 0.4) is 0 Å². The molecule has 1 N–H and O–H groups in total. The zero-order valence-electron chi connectivity index (χ0n) is 29.7. The molecule has 0 radical (unpaired) electrons. The molecule has 1 fully saturated rings. The smallest absolute Gasteiger partial charge is 0.251 e. The molecule has 1 atom stereocenters. The average Bonchev–Trinajstić information content (AvgIpc) is 3.49. The van der Waals surface area contributed by atoms with E-state index in [-0.39, 0.29) is 11.9 Å². The Bertz CT molecular complexity index is 1730. The van der Waals surface area contributed by atoms with Crippen molar-refractivity contribution in [3.05, 3.63) is 83.4 Å². The fourth-order valence-corrected chi connectivity index (χ4v) is 6.61. The Hall–Kier alpha value is -4.58. The van der Waals surface area contributed by atoms with Gasteiger partial charge in [0.2, 0.25) is 5.95 Å². The Morgan fingerprint density at radius 3 is 2.48 bits per heavy atom. The molecule has 3 heterocycles. The number of aromatic nitrogens is 4. The minimum atomic E-state index is -0.126. The number of tetrazole rings is 1. The lowest BCUT2D eigenvalue weighted by atomic mass is 10.00. The third-order valence-electron chi connectivity index (χ3n) is 9.46. The number of rotatable bonds is 14. The van der Waals surface area contributed by atoms with Gasteiger partial charge in [0.25, 0.3) is 5.91 Å². The van der Waals surface area contributed by atoms with Crippen LogP contribution in [0.1, 0.15) is 57.1 Å². The van der Waals surface area contributed by atoms with Crippen molar-refractivity contribution < 1.29 is 19.0 Å². The van der Waals surface area contributed by atoms with Gasteiger partial charge in [0.05, 0.1) is 12.3 Å². The summed E-state index contributed by atoms with van der Waals surface area (Å²) in [5.74, 6) is 1.29. The second-order valence-corrected chi connectivity index (χ2v) is 13.2. The first-order valence-electron chi connectivity index (χ1n) is 17.7. The molecule has 4 aromatic rings. The normalized spacial score (nSPS) is 16.5. The molecule has 50 heavy (non-hydrogen) atoms. The molecule has 6 rings (SSSR count). The minimum Gasteiger partial charge on any atom is -0.491 e. The van der Waals surface area contributed by atoms with E-state index in [9.17, 15) is 4.79 Å². The molecule has 2 aliphatic heterocycles. The monoisotopic (exact) mass is 679 g/mol. The zero-order chi connectivity index (χ0) is 34.9. The molecule has 2 aliphatic rings. The molecule has 1 aromatic heterocycles. The summed E-state index contributed by atoms with van der Waals surface area (Å²) in [7, 11) is 4.00. The maximum Gasteiger partial charge on any atom is 0.251 e. The molecule has 0 bridgehead atoms. The molecule has 1 unspecified atom stereocenters. The molecule has 1 saturated heterocycles. The standard InChI is InChI=1S/C39H49N7O4/c1-5-6-19-48-22-23-50-36-14-9-30(10-15-36)31-11-16-37-32(25-31)26-33(24-28(2)46(37)39-41-42-43-45(39)4)38(47)40-34-12-7-29(8-13-34)27-44(3)35-17-20-49-21-18-35/h7-16,25-26,28,35H,5-6,17-24,27H2,1-4H3,(H,40,47). The number of carbonyl (C=O) groups excluding carboxylic acids is 1. The van der Waals surface area contributed by atoms with Gasteiger partial charge in [0.15, 0.2) is 0 Å². The molecular weight excluding hydrogens is 630 g/mol. The van der Waals surface area contributed by atoms with Gasteiger partial charge in [-0.1, -0.05) is 48.8 Å². The number of fused-ring (bicyclic) bond motifs is 1. The van der Waals surface area contributed by atoms with E-state index in [0.29, 0.717) is 37.2 Å². The Kier molecular flexibility index (Phi) is 11.9. The quantitative estimate of drug-likeness (QED) is 0.147. The highest BCUT2D eigenvalue weighted by Crippen LogP contribution is 2.38. The van der Waals surface area contributed by atoms with Crippen molar-refractivity contribution in [1.29, 1.82) is 0 Å². The van der Waals surface area contributed by atoms with Crippen molar-refractivity contribution in [2.45, 2.75) is 64.6 Å². The summed E-state index contributed by atoms with van der Waals surface area (Å²) in [5.41, 5.74) is 6.58. The number of benzene rings is 3. The fraction of sp³-hybridized carbons (Fsp3) is 0.436. The van der Waals surface area contributed by atoms with Crippen LogP contribution in [0.15, 0.2) is 72.3 Å². The molecule has 0 saturated carbocycles. The number of aryl methyl sites for hydroxylation is 1. The Balaban J connectivity index is 1.19. The van der Waals surface area contributed by atoms with Crippen LogP contribution in [0, 0.1) is 0 Å². The van der Waals surface area contributed by atoms with Crippen molar-refractivity contribution in [3.63, 3.8) is 0 Å². The van der Waals surface area contributed by atoms with Gasteiger partial charge in [0, 0.05) is 56.8 Å². The molecule has 3 aromatic carbocycles. The number of ether oxygens (including phenoxy) is 3. The average molecular weight is 680 g/mol. The van der Waals surface area contributed by atoms with Crippen LogP contribution in [0.5, 0.6) is 5.75 Å². The van der Waals surface area contributed by atoms with E-state index in [0.717, 1.165) is 85.9 Å². The zero-order valence-corrected chi connectivity index (χ0v) is 29.7. The molecule has 0 spiro atoms. The van der Waals surface area contributed by atoms with Crippen molar-refractivity contribution in [2.24, 2.45) is 7.05 Å². The van der Waals surface area contributed by atoms with E-state index in [4.69, 9.17) is 14.2 Å². The van der Waals surface area contributed by atoms with Crippen molar-refractivity contribution in [2.75, 3.05) is 50.3 Å². The maximum atomic E-state index is 13.9. The molecule has 0 aliphatic carbocycles. The summed E-state index contributed by atoms with van der Waals surface area (Å²) in [4.78, 5) is 18.4. The van der Waals surface area contributed by atoms with Crippen molar-refractivity contribution >= 4 is 29.3 Å². The van der Waals surface area contributed by atoms with Gasteiger partial charge in [-0.05, 0) is 115 Å². The van der Waals surface area contributed by atoms with Gasteiger partial charge in [-0.3, -0.25) is 9.69 Å². The first-order chi connectivity index (χ1) is 24.4. The third kappa shape index (κ3) is 8.76. The van der Waals surface area contributed by atoms with Crippen molar-refractivity contribution in [3.8, 4) is 16.9 Å². The summed E-state index contributed by atoms with van der Waals surface area (Å²) in [6.45, 7) is 8.61.